The Morgan fingerprint density at radius 3 is 2.58 bits per heavy atom. The average Bonchev–Trinajstić information content (AvgIpc) is 3.16. The molecule has 1 saturated carbocycles. The fraction of sp³-hybridized carbons (Fsp3) is 0.933. The van der Waals surface area contributed by atoms with E-state index in [-0.39, 0.29) is 5.92 Å². The zero-order valence-corrected chi connectivity index (χ0v) is 11.9. The van der Waals surface area contributed by atoms with E-state index in [1.165, 1.54) is 38.8 Å². The molecule has 2 saturated heterocycles. The van der Waals surface area contributed by atoms with Crippen LogP contribution in [-0.4, -0.2) is 54.5 Å². The molecule has 0 aromatic carbocycles. The van der Waals surface area contributed by atoms with Crippen LogP contribution in [0.2, 0.25) is 0 Å². The zero-order chi connectivity index (χ0) is 13.2. The number of nitrogens with zero attached hydrogens (tertiary/aromatic N) is 2. The Morgan fingerprint density at radius 2 is 1.84 bits per heavy atom. The summed E-state index contributed by atoms with van der Waals surface area (Å²) in [7, 11) is 0. The van der Waals surface area contributed by atoms with Crippen molar-refractivity contribution in [2.75, 3.05) is 32.7 Å². The van der Waals surface area contributed by atoms with Gasteiger partial charge in [0.2, 0.25) is 5.91 Å². The van der Waals surface area contributed by atoms with Crippen LogP contribution in [-0.2, 0) is 4.79 Å². The van der Waals surface area contributed by atoms with Gasteiger partial charge in [0.05, 0.1) is 0 Å². The zero-order valence-electron chi connectivity index (χ0n) is 11.9. The molecule has 1 amide bonds. The van der Waals surface area contributed by atoms with Crippen LogP contribution in [0.5, 0.6) is 0 Å². The lowest BCUT2D eigenvalue weighted by molar-refractivity contribution is -0.135. The summed E-state index contributed by atoms with van der Waals surface area (Å²) in [6.07, 6.45) is 7.24. The lowest BCUT2D eigenvalue weighted by Crippen LogP contribution is -2.40. The van der Waals surface area contributed by atoms with Crippen molar-refractivity contribution in [2.45, 2.75) is 44.6 Å². The summed E-state index contributed by atoms with van der Waals surface area (Å²) < 4.78 is 0. The Bertz CT molecular complexity index is 327. The van der Waals surface area contributed by atoms with Crippen molar-refractivity contribution in [3.8, 4) is 0 Å². The smallest absolute Gasteiger partial charge is 0.226 e. The van der Waals surface area contributed by atoms with Gasteiger partial charge in [0.25, 0.3) is 0 Å². The first kappa shape index (κ1) is 13.4. The molecule has 3 fully saturated rings. The molecular formula is C15H27N3O. The highest BCUT2D eigenvalue weighted by Gasteiger charge is 2.38. The minimum atomic E-state index is 0.224. The number of hydrogen-bond acceptors (Lipinski definition) is 3. The molecule has 19 heavy (non-hydrogen) atoms. The van der Waals surface area contributed by atoms with Crippen LogP contribution in [0.3, 0.4) is 0 Å². The molecule has 3 aliphatic rings. The summed E-state index contributed by atoms with van der Waals surface area (Å²) in [6, 6.07) is 0.629. The molecule has 3 atom stereocenters. The predicted molar refractivity (Wildman–Crippen MR) is 75.7 cm³/mol. The van der Waals surface area contributed by atoms with Crippen LogP contribution in [0, 0.1) is 11.8 Å². The second-order valence-corrected chi connectivity index (χ2v) is 6.50. The molecule has 4 nitrogen and oxygen atoms in total. The highest BCUT2D eigenvalue weighted by atomic mass is 16.2. The number of amides is 1. The van der Waals surface area contributed by atoms with Crippen molar-refractivity contribution < 1.29 is 4.79 Å². The SMILES string of the molecule is NCC1CCCC1C(=O)N1CCC(N2CCCC2)C1. The van der Waals surface area contributed by atoms with Crippen LogP contribution in [0.15, 0.2) is 0 Å². The van der Waals surface area contributed by atoms with Gasteiger partial charge in [-0.15, -0.1) is 0 Å². The first-order valence-electron chi connectivity index (χ1n) is 8.02. The van der Waals surface area contributed by atoms with Crippen LogP contribution < -0.4 is 5.73 Å². The Kier molecular flexibility index (Phi) is 4.08. The van der Waals surface area contributed by atoms with Crippen LogP contribution >= 0.6 is 0 Å². The van der Waals surface area contributed by atoms with Gasteiger partial charge in [-0.1, -0.05) is 6.42 Å². The molecule has 1 aliphatic carbocycles. The Balaban J connectivity index is 1.56. The first-order valence-corrected chi connectivity index (χ1v) is 8.02. The van der Waals surface area contributed by atoms with E-state index >= 15 is 0 Å². The van der Waals surface area contributed by atoms with E-state index in [0.717, 1.165) is 25.9 Å². The summed E-state index contributed by atoms with van der Waals surface area (Å²) in [5, 5.41) is 0. The van der Waals surface area contributed by atoms with E-state index < -0.39 is 0 Å². The van der Waals surface area contributed by atoms with E-state index in [1.807, 2.05) is 0 Å². The van der Waals surface area contributed by atoms with Crippen LogP contribution in [0.25, 0.3) is 0 Å². The molecule has 3 rings (SSSR count). The van der Waals surface area contributed by atoms with Crippen LogP contribution in [0.4, 0.5) is 0 Å². The summed E-state index contributed by atoms with van der Waals surface area (Å²) in [4.78, 5) is 17.3. The second kappa shape index (κ2) is 5.80. The monoisotopic (exact) mass is 265 g/mol. The molecule has 0 aromatic rings. The molecule has 2 N–H and O–H groups in total. The van der Waals surface area contributed by atoms with Gasteiger partial charge in [0.15, 0.2) is 0 Å². The highest BCUT2D eigenvalue weighted by Crippen LogP contribution is 2.33. The molecule has 3 unspecified atom stereocenters. The quantitative estimate of drug-likeness (QED) is 0.830. The number of hydrogen-bond donors (Lipinski definition) is 1. The van der Waals surface area contributed by atoms with Crippen molar-refractivity contribution in [3.63, 3.8) is 0 Å². The molecule has 2 heterocycles. The Morgan fingerprint density at radius 1 is 1.05 bits per heavy atom. The van der Waals surface area contributed by atoms with Crippen molar-refractivity contribution in [1.29, 1.82) is 0 Å². The van der Waals surface area contributed by atoms with Gasteiger partial charge in [-0.05, 0) is 57.7 Å². The maximum atomic E-state index is 12.6. The van der Waals surface area contributed by atoms with Crippen molar-refractivity contribution in [2.24, 2.45) is 17.6 Å². The maximum absolute atomic E-state index is 12.6. The average molecular weight is 265 g/mol. The molecular weight excluding hydrogens is 238 g/mol. The summed E-state index contributed by atoms with van der Waals surface area (Å²) in [6.45, 7) is 5.09. The first-order chi connectivity index (χ1) is 9.29. The fourth-order valence-electron chi connectivity index (χ4n) is 4.23. The molecule has 0 spiro atoms. The molecule has 0 bridgehead atoms. The Labute approximate surface area is 116 Å². The molecule has 0 aromatic heterocycles. The van der Waals surface area contributed by atoms with E-state index in [4.69, 9.17) is 5.73 Å². The van der Waals surface area contributed by atoms with Gasteiger partial charge in [0.1, 0.15) is 0 Å². The normalized spacial score (nSPS) is 36.3. The minimum absolute atomic E-state index is 0.224. The third kappa shape index (κ3) is 2.65. The van der Waals surface area contributed by atoms with Gasteiger partial charge in [-0.25, -0.2) is 0 Å². The van der Waals surface area contributed by atoms with Gasteiger partial charge in [-0.3, -0.25) is 9.69 Å². The second-order valence-electron chi connectivity index (χ2n) is 6.50. The summed E-state index contributed by atoms with van der Waals surface area (Å²) >= 11 is 0. The third-order valence-electron chi connectivity index (χ3n) is 5.41. The van der Waals surface area contributed by atoms with E-state index in [9.17, 15) is 4.79 Å². The van der Waals surface area contributed by atoms with Gasteiger partial charge in [-0.2, -0.15) is 0 Å². The van der Waals surface area contributed by atoms with Crippen molar-refractivity contribution in [3.05, 3.63) is 0 Å². The predicted octanol–water partition coefficient (Wildman–Crippen LogP) is 1.06. The Hall–Kier alpha value is -0.610. The molecule has 0 radical (unpaired) electrons. The molecule has 2 aliphatic heterocycles. The van der Waals surface area contributed by atoms with E-state index in [2.05, 4.69) is 9.80 Å². The number of rotatable bonds is 3. The van der Waals surface area contributed by atoms with E-state index in [1.54, 1.807) is 0 Å². The molecule has 108 valence electrons. The van der Waals surface area contributed by atoms with Crippen molar-refractivity contribution >= 4 is 5.91 Å². The lowest BCUT2D eigenvalue weighted by Gasteiger charge is -2.26. The van der Waals surface area contributed by atoms with Gasteiger partial charge >= 0.3 is 0 Å². The van der Waals surface area contributed by atoms with Gasteiger partial charge in [0, 0.05) is 25.0 Å². The molecule has 4 heteroatoms. The lowest BCUT2D eigenvalue weighted by atomic mass is 9.95. The number of likely N-dealkylation sites (tertiary alicyclic amines) is 2. The fourth-order valence-corrected chi connectivity index (χ4v) is 4.23. The van der Waals surface area contributed by atoms with Crippen molar-refractivity contribution in [1.82, 2.24) is 9.80 Å². The number of carbonyl (C=O) groups excluding carboxylic acids is 1. The minimum Gasteiger partial charge on any atom is -0.341 e. The maximum Gasteiger partial charge on any atom is 0.226 e. The standard InChI is InChI=1S/C15H27N3O/c16-10-12-4-3-5-14(12)15(19)18-9-6-13(11-18)17-7-1-2-8-17/h12-14H,1-11,16H2. The largest absolute Gasteiger partial charge is 0.341 e. The summed E-state index contributed by atoms with van der Waals surface area (Å²) in [5.74, 6) is 1.07. The topological polar surface area (TPSA) is 49.6 Å². The van der Waals surface area contributed by atoms with E-state index in [0.29, 0.717) is 24.4 Å². The number of nitrogens with two attached hydrogens (primary N) is 1. The number of carbonyl (C=O) groups is 1. The van der Waals surface area contributed by atoms with Gasteiger partial charge < -0.3 is 10.6 Å². The highest BCUT2D eigenvalue weighted by molar-refractivity contribution is 5.79. The third-order valence-corrected chi connectivity index (χ3v) is 5.41. The van der Waals surface area contributed by atoms with Crippen LogP contribution in [0.1, 0.15) is 38.5 Å². The summed E-state index contributed by atoms with van der Waals surface area (Å²) in [5.41, 5.74) is 5.81.